The Kier molecular flexibility index (Phi) is 15.0. The first-order valence-corrected chi connectivity index (χ1v) is 24.9. The molecule has 3 nitrogen and oxygen atoms in total. The number of halogens is 1. The van der Waals surface area contributed by atoms with Crippen LogP contribution in [0.4, 0.5) is 0 Å². The fourth-order valence-corrected chi connectivity index (χ4v) is 14.9. The molecule has 8 heteroatoms. The summed E-state index contributed by atoms with van der Waals surface area (Å²) in [6, 6.07) is 9.88. The molecule has 0 amide bonds. The van der Waals surface area contributed by atoms with Crippen LogP contribution in [-0.4, -0.2) is 59.7 Å². The van der Waals surface area contributed by atoms with E-state index in [-0.39, 0.29) is 0 Å². The van der Waals surface area contributed by atoms with Gasteiger partial charge in [0.2, 0.25) is 0 Å². The Bertz CT molecular complexity index is 379. The van der Waals surface area contributed by atoms with E-state index in [1.165, 1.54) is 68.0 Å². The van der Waals surface area contributed by atoms with Gasteiger partial charge < -0.3 is 13.3 Å². The molecule has 0 atom stereocenters. The van der Waals surface area contributed by atoms with Crippen LogP contribution >= 0.6 is 15.9 Å². The van der Waals surface area contributed by atoms with Crippen molar-refractivity contribution in [2.75, 3.05) is 26.7 Å². The molecule has 0 radical (unpaired) electrons. The van der Waals surface area contributed by atoms with Crippen molar-refractivity contribution >= 4 is 49.0 Å². The largest absolute Gasteiger partial charge is 0.420 e. The molecule has 0 bridgehead atoms. The molecule has 0 aliphatic heterocycles. The van der Waals surface area contributed by atoms with Crippen molar-refractivity contribution in [3.05, 3.63) is 0 Å². The van der Waals surface area contributed by atoms with Gasteiger partial charge in [-0.15, -0.1) is 0 Å². The van der Waals surface area contributed by atoms with Gasteiger partial charge in [0.25, 0.3) is 0 Å². The Hall–Kier alpha value is 1.23. The van der Waals surface area contributed by atoms with Crippen LogP contribution in [0.1, 0.15) is 25.7 Å². The maximum absolute atomic E-state index is 5.84. The van der Waals surface area contributed by atoms with Gasteiger partial charge in [0.05, 0.1) is 8.07 Å². The third-order valence-corrected chi connectivity index (χ3v) is 21.2. The first kappa shape index (κ1) is 30.2. The van der Waals surface area contributed by atoms with E-state index >= 15 is 0 Å². The lowest BCUT2D eigenvalue weighted by atomic mass is 10.5. The zero-order chi connectivity index (χ0) is 22.6. The number of hydrogen-bond acceptors (Lipinski definition) is 3. The lowest BCUT2D eigenvalue weighted by Gasteiger charge is -2.35. The van der Waals surface area contributed by atoms with E-state index in [1.54, 1.807) is 0 Å². The lowest BCUT2D eigenvalue weighted by molar-refractivity contribution is 0.402. The molecule has 0 aliphatic carbocycles. The molecule has 0 rings (SSSR count). The second-order valence-corrected chi connectivity index (χ2v) is 29.8. The summed E-state index contributed by atoms with van der Waals surface area (Å²) in [6.45, 7) is 14.2. The summed E-state index contributed by atoms with van der Waals surface area (Å²) >= 11 is 3.72. The fourth-order valence-electron chi connectivity index (χ4n) is 4.17. The molecule has 0 aromatic carbocycles. The normalized spacial score (nSPS) is 13.9. The zero-order valence-corrected chi connectivity index (χ0v) is 26.7. The summed E-state index contributed by atoms with van der Waals surface area (Å²) in [5.74, 6) is 0. The number of alkyl halides is 1. The summed E-state index contributed by atoms with van der Waals surface area (Å²) in [6.07, 6.45) is 5.46. The first-order valence-electron chi connectivity index (χ1n) is 11.6. The Morgan fingerprint density at radius 2 is 0.759 bits per heavy atom. The van der Waals surface area contributed by atoms with Crippen molar-refractivity contribution in [2.45, 2.75) is 107 Å². The summed E-state index contributed by atoms with van der Waals surface area (Å²) in [5.41, 5.74) is 0. The van der Waals surface area contributed by atoms with Gasteiger partial charge in [-0.2, -0.15) is 0 Å². The topological polar surface area (TPSA) is 27.7 Å². The first-order chi connectivity index (χ1) is 13.4. The van der Waals surface area contributed by atoms with Gasteiger partial charge in [-0.1, -0.05) is 59.4 Å². The van der Waals surface area contributed by atoms with Gasteiger partial charge in [-0.05, 0) is 63.8 Å². The molecule has 0 spiro atoms. The van der Waals surface area contributed by atoms with Gasteiger partial charge >= 0.3 is 0 Å². The molecule has 0 aliphatic rings. The van der Waals surface area contributed by atoms with Gasteiger partial charge in [-0.25, -0.2) is 0 Å². The van der Waals surface area contributed by atoms with Gasteiger partial charge in [-0.3, -0.25) is 0 Å². The summed E-state index contributed by atoms with van der Waals surface area (Å²) in [4.78, 5) is 0. The van der Waals surface area contributed by atoms with Crippen LogP contribution in [0.2, 0.25) is 81.6 Å². The second-order valence-electron chi connectivity index (χ2n) is 10.7. The average Bonchev–Trinajstić information content (AvgIpc) is 2.66. The van der Waals surface area contributed by atoms with E-state index in [2.05, 4.69) is 55.2 Å². The second kappa shape index (κ2) is 14.4. The maximum atomic E-state index is 5.84. The molecular weight excluding hydrogens is 492 g/mol. The minimum absolute atomic E-state index is 1.15. The predicted molar refractivity (Wildman–Crippen MR) is 145 cm³/mol. The van der Waals surface area contributed by atoms with Crippen molar-refractivity contribution in [1.82, 2.24) is 0 Å². The van der Waals surface area contributed by atoms with E-state index in [9.17, 15) is 0 Å². The SMILES string of the molecule is CO[Si](C)(C)CCC[Si](CCCBr)(CCC[Si](C)(C)OC)CCC[Si](C)(C)OC. The lowest BCUT2D eigenvalue weighted by Crippen LogP contribution is -2.37. The molecule has 29 heavy (non-hydrogen) atoms. The standard InChI is InChI=1S/C21H51BrO3Si4/c1-23-26(4,5)15-11-19-29(18-10-14-22,20-12-16-27(6,7)24-2)21-13-17-28(8,9)25-3/h10-21H2,1-9H3. The minimum Gasteiger partial charge on any atom is -0.420 e. The highest BCUT2D eigenvalue weighted by Crippen LogP contribution is 2.36. The highest BCUT2D eigenvalue weighted by atomic mass is 79.9. The molecule has 0 aromatic rings. The average molecular weight is 544 g/mol. The molecule has 0 N–H and O–H groups in total. The van der Waals surface area contributed by atoms with Crippen molar-refractivity contribution in [1.29, 1.82) is 0 Å². The highest BCUT2D eigenvalue weighted by molar-refractivity contribution is 9.09. The Labute approximate surface area is 195 Å². The van der Waals surface area contributed by atoms with Crippen LogP contribution in [0, 0.1) is 0 Å². The summed E-state index contributed by atoms with van der Waals surface area (Å²) in [7, 11) is 0.0894. The molecule has 0 aromatic heterocycles. The summed E-state index contributed by atoms with van der Waals surface area (Å²) in [5, 5.41) is 1.15. The molecule has 0 unspecified atom stereocenters. The Morgan fingerprint density at radius 1 is 0.483 bits per heavy atom. The van der Waals surface area contributed by atoms with Crippen molar-refractivity contribution < 1.29 is 13.3 Å². The summed E-state index contributed by atoms with van der Waals surface area (Å²) < 4.78 is 17.5. The molecule has 176 valence electrons. The fraction of sp³-hybridized carbons (Fsp3) is 1.00. The maximum Gasteiger partial charge on any atom is 0.186 e. The quantitative estimate of drug-likeness (QED) is 0.130. The number of hydrogen-bond donors (Lipinski definition) is 0. The van der Waals surface area contributed by atoms with Crippen LogP contribution in [0.15, 0.2) is 0 Å². The zero-order valence-electron chi connectivity index (χ0n) is 21.1. The highest BCUT2D eigenvalue weighted by Gasteiger charge is 2.34. The Morgan fingerprint density at radius 3 is 1.00 bits per heavy atom. The predicted octanol–water partition coefficient (Wildman–Crippen LogP) is 7.95. The minimum atomic E-state index is -1.46. The molecule has 0 heterocycles. The van der Waals surface area contributed by atoms with Gasteiger partial charge in [0.1, 0.15) is 0 Å². The molecule has 0 fully saturated rings. The van der Waals surface area contributed by atoms with Crippen LogP contribution in [0.3, 0.4) is 0 Å². The van der Waals surface area contributed by atoms with Crippen LogP contribution < -0.4 is 0 Å². The smallest absolute Gasteiger partial charge is 0.186 e. The van der Waals surface area contributed by atoms with Crippen molar-refractivity contribution in [3.63, 3.8) is 0 Å². The monoisotopic (exact) mass is 542 g/mol. The third kappa shape index (κ3) is 14.1. The van der Waals surface area contributed by atoms with E-state index in [1.807, 2.05) is 21.3 Å². The Balaban J connectivity index is 5.18. The molecule has 0 saturated carbocycles. The van der Waals surface area contributed by atoms with E-state index < -0.39 is 33.0 Å². The molecular formula is C21H51BrO3Si4. The van der Waals surface area contributed by atoms with Crippen LogP contribution in [0.5, 0.6) is 0 Å². The van der Waals surface area contributed by atoms with Gasteiger partial charge in [0, 0.05) is 26.7 Å². The van der Waals surface area contributed by atoms with Gasteiger partial charge in [0.15, 0.2) is 25.0 Å². The van der Waals surface area contributed by atoms with E-state index in [4.69, 9.17) is 13.3 Å². The van der Waals surface area contributed by atoms with Crippen molar-refractivity contribution in [2.24, 2.45) is 0 Å². The third-order valence-electron chi connectivity index (χ3n) is 6.96. The van der Waals surface area contributed by atoms with E-state index in [0.29, 0.717) is 0 Å². The van der Waals surface area contributed by atoms with Crippen LogP contribution in [-0.2, 0) is 13.3 Å². The van der Waals surface area contributed by atoms with Crippen molar-refractivity contribution in [3.8, 4) is 0 Å². The molecule has 0 saturated heterocycles. The van der Waals surface area contributed by atoms with E-state index in [0.717, 1.165) is 5.33 Å². The van der Waals surface area contributed by atoms with Crippen LogP contribution in [0.25, 0.3) is 0 Å². The number of rotatable bonds is 18.